The molecule has 5 heteroatoms. The smallest absolute Gasteiger partial charge is 0.329 e. The van der Waals surface area contributed by atoms with Crippen molar-refractivity contribution >= 4 is 16.9 Å². The highest BCUT2D eigenvalue weighted by Gasteiger charge is 2.24. The summed E-state index contributed by atoms with van der Waals surface area (Å²) < 4.78 is 6.18. The highest BCUT2D eigenvalue weighted by atomic mass is 16.5. The zero-order valence-electron chi connectivity index (χ0n) is 11.9. The zero-order valence-corrected chi connectivity index (χ0v) is 11.9. The molecule has 20 heavy (non-hydrogen) atoms. The molecular formula is C15H18N2O3. The van der Waals surface area contributed by atoms with Crippen LogP contribution in [0, 0.1) is 5.92 Å². The van der Waals surface area contributed by atoms with Gasteiger partial charge in [-0.3, -0.25) is 9.36 Å². The van der Waals surface area contributed by atoms with Gasteiger partial charge in [0.05, 0.1) is 24.3 Å². The Labute approximate surface area is 117 Å². The van der Waals surface area contributed by atoms with Crippen molar-refractivity contribution in [2.45, 2.75) is 26.3 Å². The van der Waals surface area contributed by atoms with E-state index in [1.165, 1.54) is 18.0 Å². The first kappa shape index (κ1) is 14.2. The summed E-state index contributed by atoms with van der Waals surface area (Å²) in [4.78, 5) is 28.7. The van der Waals surface area contributed by atoms with E-state index < -0.39 is 12.0 Å². The third kappa shape index (κ3) is 2.71. The van der Waals surface area contributed by atoms with Crippen molar-refractivity contribution in [3.05, 3.63) is 40.9 Å². The predicted octanol–water partition coefficient (Wildman–Crippen LogP) is 2.16. The van der Waals surface area contributed by atoms with E-state index in [-0.39, 0.29) is 11.5 Å². The molecule has 0 saturated heterocycles. The highest BCUT2D eigenvalue weighted by molar-refractivity contribution is 5.78. The molecule has 5 nitrogen and oxygen atoms in total. The highest BCUT2D eigenvalue weighted by Crippen LogP contribution is 2.18. The van der Waals surface area contributed by atoms with Crippen molar-refractivity contribution in [1.82, 2.24) is 9.55 Å². The average Bonchev–Trinajstić information content (AvgIpc) is 2.45. The Bertz CT molecular complexity index is 676. The second-order valence-electron chi connectivity index (χ2n) is 5.14. The molecule has 0 radical (unpaired) electrons. The Morgan fingerprint density at radius 2 is 2.05 bits per heavy atom. The molecule has 0 amide bonds. The lowest BCUT2D eigenvalue weighted by atomic mass is 10.0. The van der Waals surface area contributed by atoms with Gasteiger partial charge in [-0.25, -0.2) is 9.78 Å². The molecule has 0 N–H and O–H groups in total. The summed E-state index contributed by atoms with van der Waals surface area (Å²) >= 11 is 0. The molecule has 0 bridgehead atoms. The number of carbonyl (C=O) groups is 1. The van der Waals surface area contributed by atoms with Crippen LogP contribution in [0.1, 0.15) is 26.3 Å². The number of methoxy groups -OCH3 is 1. The number of aromatic nitrogens is 2. The fourth-order valence-electron chi connectivity index (χ4n) is 2.21. The number of ether oxygens (including phenoxy) is 1. The molecule has 106 valence electrons. The number of benzene rings is 1. The van der Waals surface area contributed by atoms with Gasteiger partial charge in [-0.05, 0) is 24.5 Å². The molecule has 1 aromatic heterocycles. The minimum absolute atomic E-state index is 0.216. The van der Waals surface area contributed by atoms with Gasteiger partial charge in [0.25, 0.3) is 5.56 Å². The topological polar surface area (TPSA) is 61.2 Å². The number of hydrogen-bond acceptors (Lipinski definition) is 4. The van der Waals surface area contributed by atoms with Crippen molar-refractivity contribution in [3.8, 4) is 0 Å². The van der Waals surface area contributed by atoms with Crippen molar-refractivity contribution in [2.75, 3.05) is 7.11 Å². The third-order valence-electron chi connectivity index (χ3n) is 3.19. The van der Waals surface area contributed by atoms with Gasteiger partial charge in [-0.2, -0.15) is 0 Å². The van der Waals surface area contributed by atoms with Gasteiger partial charge < -0.3 is 4.74 Å². The summed E-state index contributed by atoms with van der Waals surface area (Å²) in [6, 6.07) is 6.46. The first-order valence-electron chi connectivity index (χ1n) is 6.58. The van der Waals surface area contributed by atoms with E-state index in [2.05, 4.69) is 4.98 Å². The van der Waals surface area contributed by atoms with Gasteiger partial charge in [-0.15, -0.1) is 0 Å². The summed E-state index contributed by atoms with van der Waals surface area (Å²) in [5, 5.41) is 0.507. The van der Waals surface area contributed by atoms with Crippen LogP contribution < -0.4 is 5.56 Å². The van der Waals surface area contributed by atoms with Crippen LogP contribution in [0.4, 0.5) is 0 Å². The van der Waals surface area contributed by atoms with Crippen molar-refractivity contribution in [1.29, 1.82) is 0 Å². The van der Waals surface area contributed by atoms with E-state index in [1.54, 1.807) is 18.2 Å². The lowest BCUT2D eigenvalue weighted by molar-refractivity contribution is -0.145. The number of carbonyl (C=O) groups excluding carboxylic acids is 1. The Morgan fingerprint density at radius 1 is 1.35 bits per heavy atom. The van der Waals surface area contributed by atoms with Gasteiger partial charge in [0.2, 0.25) is 0 Å². The van der Waals surface area contributed by atoms with Crippen LogP contribution in [0.15, 0.2) is 35.4 Å². The Kier molecular flexibility index (Phi) is 4.17. The number of rotatable bonds is 4. The molecule has 1 heterocycles. The normalized spacial score (nSPS) is 12.6. The maximum atomic E-state index is 12.5. The largest absolute Gasteiger partial charge is 0.467 e. The van der Waals surface area contributed by atoms with E-state index >= 15 is 0 Å². The molecule has 0 spiro atoms. The summed E-state index contributed by atoms with van der Waals surface area (Å²) in [6.45, 7) is 3.99. The lowest BCUT2D eigenvalue weighted by Crippen LogP contribution is -2.31. The van der Waals surface area contributed by atoms with E-state index in [0.717, 1.165) is 0 Å². The fraction of sp³-hybridized carbons (Fsp3) is 0.400. The molecule has 2 rings (SSSR count). The van der Waals surface area contributed by atoms with E-state index in [1.807, 2.05) is 19.9 Å². The number of esters is 1. The molecule has 0 aliphatic rings. The van der Waals surface area contributed by atoms with Gasteiger partial charge in [-0.1, -0.05) is 26.0 Å². The quantitative estimate of drug-likeness (QED) is 0.801. The molecule has 0 saturated carbocycles. The SMILES string of the molecule is COC(=O)C(CC(C)C)n1cnc2ccccc2c1=O. The first-order chi connectivity index (χ1) is 9.54. The Balaban J connectivity index is 2.56. The van der Waals surface area contributed by atoms with Crippen LogP contribution >= 0.6 is 0 Å². The van der Waals surface area contributed by atoms with Crippen molar-refractivity contribution in [3.63, 3.8) is 0 Å². The monoisotopic (exact) mass is 274 g/mol. The van der Waals surface area contributed by atoms with Crippen LogP contribution in [0.25, 0.3) is 10.9 Å². The average molecular weight is 274 g/mol. The summed E-state index contributed by atoms with van der Waals surface area (Å²) in [5.74, 6) is -0.157. The van der Waals surface area contributed by atoms with Crippen LogP contribution in [0.5, 0.6) is 0 Å². The van der Waals surface area contributed by atoms with Gasteiger partial charge in [0, 0.05) is 0 Å². The van der Waals surface area contributed by atoms with Crippen LogP contribution in [-0.4, -0.2) is 22.6 Å². The van der Waals surface area contributed by atoms with Crippen LogP contribution in [0.3, 0.4) is 0 Å². The molecule has 1 atom stereocenters. The predicted molar refractivity (Wildman–Crippen MR) is 76.5 cm³/mol. The summed E-state index contributed by atoms with van der Waals surface area (Å²) in [6.07, 6.45) is 1.96. The van der Waals surface area contributed by atoms with Crippen LogP contribution in [0.2, 0.25) is 0 Å². The molecular weight excluding hydrogens is 256 g/mol. The van der Waals surface area contributed by atoms with Crippen molar-refractivity contribution in [2.24, 2.45) is 5.92 Å². The Hall–Kier alpha value is -2.17. The molecule has 0 aliphatic heterocycles. The summed E-state index contributed by atoms with van der Waals surface area (Å²) in [5.41, 5.74) is 0.411. The minimum Gasteiger partial charge on any atom is -0.467 e. The fourth-order valence-corrected chi connectivity index (χ4v) is 2.21. The maximum absolute atomic E-state index is 12.5. The third-order valence-corrected chi connectivity index (χ3v) is 3.19. The van der Waals surface area contributed by atoms with E-state index in [9.17, 15) is 9.59 Å². The lowest BCUT2D eigenvalue weighted by Gasteiger charge is -2.19. The molecule has 1 aromatic carbocycles. The molecule has 0 fully saturated rings. The number of para-hydroxylation sites is 1. The van der Waals surface area contributed by atoms with E-state index in [4.69, 9.17) is 4.74 Å². The number of fused-ring (bicyclic) bond motifs is 1. The maximum Gasteiger partial charge on any atom is 0.329 e. The number of hydrogen-bond donors (Lipinski definition) is 0. The zero-order chi connectivity index (χ0) is 14.7. The van der Waals surface area contributed by atoms with E-state index in [0.29, 0.717) is 17.3 Å². The number of nitrogens with zero attached hydrogens (tertiary/aromatic N) is 2. The second kappa shape index (κ2) is 5.86. The second-order valence-corrected chi connectivity index (χ2v) is 5.14. The van der Waals surface area contributed by atoms with Crippen LogP contribution in [-0.2, 0) is 9.53 Å². The molecule has 2 aromatic rings. The Morgan fingerprint density at radius 3 is 2.70 bits per heavy atom. The standard InChI is InChI=1S/C15H18N2O3/c1-10(2)8-13(15(19)20-3)17-9-16-12-7-5-4-6-11(12)14(17)18/h4-7,9-10,13H,8H2,1-3H3. The van der Waals surface area contributed by atoms with Crippen molar-refractivity contribution < 1.29 is 9.53 Å². The first-order valence-corrected chi connectivity index (χ1v) is 6.58. The summed E-state index contributed by atoms with van der Waals surface area (Å²) in [7, 11) is 1.33. The van der Waals surface area contributed by atoms with Gasteiger partial charge in [0.1, 0.15) is 6.04 Å². The van der Waals surface area contributed by atoms with Gasteiger partial charge in [0.15, 0.2) is 0 Å². The minimum atomic E-state index is -0.635. The molecule has 1 unspecified atom stereocenters. The van der Waals surface area contributed by atoms with Gasteiger partial charge >= 0.3 is 5.97 Å². The molecule has 0 aliphatic carbocycles.